The van der Waals surface area contributed by atoms with E-state index in [1.165, 1.54) is 6.08 Å². The highest BCUT2D eigenvalue weighted by atomic mass is 16.5. The molecule has 154 valence electrons. The number of imide groups is 1. The van der Waals surface area contributed by atoms with E-state index in [4.69, 9.17) is 4.74 Å². The molecule has 7 nitrogen and oxygen atoms in total. The highest BCUT2D eigenvalue weighted by Crippen LogP contribution is 2.17. The van der Waals surface area contributed by atoms with E-state index in [0.29, 0.717) is 5.69 Å². The van der Waals surface area contributed by atoms with Gasteiger partial charge in [-0.25, -0.2) is 9.69 Å². The number of nitrogens with zero attached hydrogens (tertiary/aromatic N) is 1. The first-order chi connectivity index (χ1) is 14.5. The average Bonchev–Trinajstić information content (AvgIpc) is 3.02. The van der Waals surface area contributed by atoms with Gasteiger partial charge in [-0.3, -0.25) is 9.59 Å². The van der Waals surface area contributed by atoms with E-state index in [2.05, 4.69) is 10.6 Å². The zero-order chi connectivity index (χ0) is 21.5. The molecule has 1 heterocycles. The van der Waals surface area contributed by atoms with Crippen LogP contribution in [0.2, 0.25) is 0 Å². The molecule has 4 amide bonds. The first-order valence-corrected chi connectivity index (χ1v) is 9.55. The van der Waals surface area contributed by atoms with Crippen LogP contribution in [0.1, 0.15) is 18.1 Å². The summed E-state index contributed by atoms with van der Waals surface area (Å²) >= 11 is 0. The third-order valence-corrected chi connectivity index (χ3v) is 4.60. The molecular formula is C23H23N3O4. The van der Waals surface area contributed by atoms with Gasteiger partial charge in [-0.05, 0) is 41.8 Å². The lowest BCUT2D eigenvalue weighted by Gasteiger charge is -2.13. The molecule has 7 heteroatoms. The molecule has 0 unspecified atom stereocenters. The van der Waals surface area contributed by atoms with Gasteiger partial charge in [0.1, 0.15) is 18.0 Å². The van der Waals surface area contributed by atoms with E-state index >= 15 is 0 Å². The Kier molecular flexibility index (Phi) is 6.64. The summed E-state index contributed by atoms with van der Waals surface area (Å²) in [5.41, 5.74) is 2.68. The summed E-state index contributed by atoms with van der Waals surface area (Å²) in [6.45, 7) is 1.63. The third-order valence-electron chi connectivity index (χ3n) is 4.60. The van der Waals surface area contributed by atoms with Crippen LogP contribution < -0.4 is 15.4 Å². The number of benzene rings is 2. The molecule has 1 aliphatic heterocycles. The molecule has 0 bridgehead atoms. The van der Waals surface area contributed by atoms with Crippen molar-refractivity contribution in [2.75, 3.05) is 19.0 Å². The molecule has 0 saturated carbocycles. The summed E-state index contributed by atoms with van der Waals surface area (Å²) in [7, 11) is 1.60. The second kappa shape index (κ2) is 9.56. The molecule has 2 N–H and O–H groups in total. The minimum absolute atomic E-state index is 0.117. The zero-order valence-corrected chi connectivity index (χ0v) is 16.8. The number of hydrogen-bond acceptors (Lipinski definition) is 4. The van der Waals surface area contributed by atoms with Crippen molar-refractivity contribution in [2.24, 2.45) is 0 Å². The van der Waals surface area contributed by atoms with Crippen LogP contribution in [-0.2, 0) is 16.0 Å². The molecule has 2 aromatic rings. The number of anilines is 1. The second-order valence-corrected chi connectivity index (χ2v) is 6.59. The first kappa shape index (κ1) is 20.9. The molecule has 0 aromatic heterocycles. The topological polar surface area (TPSA) is 87.7 Å². The fourth-order valence-electron chi connectivity index (χ4n) is 2.98. The van der Waals surface area contributed by atoms with Gasteiger partial charge in [0.05, 0.1) is 7.11 Å². The molecule has 1 saturated heterocycles. The summed E-state index contributed by atoms with van der Waals surface area (Å²) < 4.78 is 5.11. The quantitative estimate of drug-likeness (QED) is 0.546. The monoisotopic (exact) mass is 405 g/mol. The van der Waals surface area contributed by atoms with Crippen molar-refractivity contribution < 1.29 is 19.1 Å². The van der Waals surface area contributed by atoms with Gasteiger partial charge < -0.3 is 15.4 Å². The molecule has 3 rings (SSSR count). The highest BCUT2D eigenvalue weighted by Gasteiger charge is 2.34. The predicted octanol–water partition coefficient (Wildman–Crippen LogP) is 3.35. The number of allylic oxidation sites excluding steroid dienone is 2. The van der Waals surface area contributed by atoms with Gasteiger partial charge in [-0.2, -0.15) is 0 Å². The van der Waals surface area contributed by atoms with Crippen LogP contribution >= 0.6 is 0 Å². The lowest BCUT2D eigenvalue weighted by atomic mass is 10.1. The fourth-order valence-corrected chi connectivity index (χ4v) is 2.98. The number of hydrogen-bond donors (Lipinski definition) is 2. The third kappa shape index (κ3) is 4.94. The Bertz CT molecular complexity index is 1010. The lowest BCUT2D eigenvalue weighted by molar-refractivity contribution is -0.127. The molecule has 2 aromatic carbocycles. The Balaban J connectivity index is 1.62. The van der Waals surface area contributed by atoms with E-state index in [0.717, 1.165) is 28.2 Å². The van der Waals surface area contributed by atoms with Crippen LogP contribution in [0.5, 0.6) is 5.75 Å². The number of aryl methyl sites for hydroxylation is 1. The van der Waals surface area contributed by atoms with Crippen molar-refractivity contribution in [1.82, 2.24) is 10.2 Å². The van der Waals surface area contributed by atoms with E-state index in [9.17, 15) is 14.4 Å². The Morgan fingerprint density at radius 1 is 1.13 bits per heavy atom. The van der Waals surface area contributed by atoms with Crippen LogP contribution in [0.15, 0.2) is 66.4 Å². The van der Waals surface area contributed by atoms with Crippen molar-refractivity contribution in [3.63, 3.8) is 0 Å². The number of ether oxygens (including phenoxy) is 1. The van der Waals surface area contributed by atoms with Gasteiger partial charge in [0.2, 0.25) is 5.91 Å². The summed E-state index contributed by atoms with van der Waals surface area (Å²) in [4.78, 5) is 37.9. The van der Waals surface area contributed by atoms with Crippen LogP contribution in [0, 0.1) is 0 Å². The molecule has 0 radical (unpaired) electrons. The van der Waals surface area contributed by atoms with Crippen LogP contribution in [0.25, 0.3) is 6.08 Å². The largest absolute Gasteiger partial charge is 0.497 e. The summed E-state index contributed by atoms with van der Waals surface area (Å²) in [6, 6.07) is 14.2. The second-order valence-electron chi connectivity index (χ2n) is 6.59. The Labute approximate surface area is 175 Å². The molecule has 0 aliphatic carbocycles. The normalized spacial score (nSPS) is 15.0. The standard InChI is InChI=1S/C23H23N3O4/c1-3-17-8-4-5-9-19(17)24-21(27)15-26-22(28)20(25-23(26)29)10-6-7-16-11-13-18(30-2)14-12-16/h4-14H,3,15H2,1-2H3,(H,24,27)(H,25,29)/b7-6+,20-10+. The molecule has 30 heavy (non-hydrogen) atoms. The van der Waals surface area contributed by atoms with Gasteiger partial charge in [0, 0.05) is 5.69 Å². The van der Waals surface area contributed by atoms with Crippen molar-refractivity contribution in [3.05, 3.63) is 77.5 Å². The van der Waals surface area contributed by atoms with E-state index in [-0.39, 0.29) is 12.2 Å². The molecule has 0 atom stereocenters. The average molecular weight is 405 g/mol. The maximum Gasteiger partial charge on any atom is 0.329 e. The summed E-state index contributed by atoms with van der Waals surface area (Å²) in [5, 5.41) is 5.26. The van der Waals surface area contributed by atoms with Crippen molar-refractivity contribution in [1.29, 1.82) is 0 Å². The van der Waals surface area contributed by atoms with E-state index in [1.807, 2.05) is 49.4 Å². The number of methoxy groups -OCH3 is 1. The minimum atomic E-state index is -0.622. The van der Waals surface area contributed by atoms with E-state index < -0.39 is 17.8 Å². The van der Waals surface area contributed by atoms with Crippen LogP contribution in [0.3, 0.4) is 0 Å². The van der Waals surface area contributed by atoms with Gasteiger partial charge in [0.15, 0.2) is 0 Å². The smallest absolute Gasteiger partial charge is 0.329 e. The van der Waals surface area contributed by atoms with Crippen molar-refractivity contribution in [2.45, 2.75) is 13.3 Å². The van der Waals surface area contributed by atoms with Gasteiger partial charge in [0.25, 0.3) is 5.91 Å². The Morgan fingerprint density at radius 3 is 2.57 bits per heavy atom. The highest BCUT2D eigenvalue weighted by molar-refractivity contribution is 6.14. The van der Waals surface area contributed by atoms with Crippen LogP contribution in [0.4, 0.5) is 10.5 Å². The number of nitrogens with one attached hydrogen (secondary N) is 2. The lowest BCUT2D eigenvalue weighted by Crippen LogP contribution is -2.38. The molecule has 1 fully saturated rings. The predicted molar refractivity (Wildman–Crippen MR) is 115 cm³/mol. The minimum Gasteiger partial charge on any atom is -0.497 e. The molecule has 1 aliphatic rings. The molecule has 0 spiro atoms. The first-order valence-electron chi connectivity index (χ1n) is 9.55. The maximum absolute atomic E-state index is 12.5. The number of para-hydroxylation sites is 1. The van der Waals surface area contributed by atoms with E-state index in [1.54, 1.807) is 25.3 Å². The van der Waals surface area contributed by atoms with Gasteiger partial charge >= 0.3 is 6.03 Å². The summed E-state index contributed by atoms with van der Waals surface area (Å²) in [6.07, 6.45) is 5.72. The summed E-state index contributed by atoms with van der Waals surface area (Å²) in [5.74, 6) is -0.230. The number of carbonyl (C=O) groups is 3. The van der Waals surface area contributed by atoms with Crippen molar-refractivity contribution >= 4 is 29.6 Å². The number of urea groups is 1. The van der Waals surface area contributed by atoms with Gasteiger partial charge in [-0.15, -0.1) is 0 Å². The number of carbonyl (C=O) groups excluding carboxylic acids is 3. The Hall–Kier alpha value is -3.87. The Morgan fingerprint density at radius 2 is 1.87 bits per heavy atom. The van der Waals surface area contributed by atoms with Gasteiger partial charge in [-0.1, -0.05) is 49.4 Å². The number of rotatable bonds is 7. The fraction of sp³-hybridized carbons (Fsp3) is 0.174. The molecular weight excluding hydrogens is 382 g/mol. The number of amides is 4. The zero-order valence-electron chi connectivity index (χ0n) is 16.8. The van der Waals surface area contributed by atoms with Crippen LogP contribution in [-0.4, -0.2) is 36.4 Å². The van der Waals surface area contributed by atoms with Crippen molar-refractivity contribution in [3.8, 4) is 5.75 Å². The SMILES string of the molecule is CCc1ccccc1NC(=O)CN1C(=O)N/C(=C/C=C/c2ccc(OC)cc2)C1=O. The maximum atomic E-state index is 12.5.